The molecule has 1 aliphatic carbocycles. The molecule has 0 bridgehead atoms. The highest BCUT2D eigenvalue weighted by atomic mass is 35.5. The molecule has 1 aromatic heterocycles. The fraction of sp³-hybridized carbons (Fsp3) is 0.167. The average molecular weight is 498 g/mol. The molecule has 3 aromatic carbocycles. The summed E-state index contributed by atoms with van der Waals surface area (Å²) in [5.41, 5.74) is 1.20. The summed E-state index contributed by atoms with van der Waals surface area (Å²) >= 11 is 6.47. The summed E-state index contributed by atoms with van der Waals surface area (Å²) in [4.78, 5) is 28.0. The van der Waals surface area contributed by atoms with Crippen LogP contribution in [0.1, 0.15) is 18.4 Å². The Labute approximate surface area is 199 Å². The van der Waals surface area contributed by atoms with E-state index in [1.807, 2.05) is 24.3 Å². The van der Waals surface area contributed by atoms with Gasteiger partial charge >= 0.3 is 11.1 Å². The number of hydrogen-bond acceptors (Lipinski definition) is 5. The molecule has 5 rings (SSSR count). The molecular weight excluding hydrogens is 478 g/mol. The topological polar surface area (TPSA) is 121 Å². The standard InChI is InChI=1S/C24H20ClN3O5S/c1-13-10-20-21(27-24(30)23(29)26-20)12-22(13)34(31,32)28-15-4-9-18(19(25)11-15)14-2-5-16(6-3-14)33-17-7-8-17/h2-6,9-12,17,28H,7-8H2,1H3,(H,26,29)(H,27,30). The minimum Gasteiger partial charge on any atom is -0.490 e. The van der Waals surface area contributed by atoms with E-state index in [0.717, 1.165) is 29.7 Å². The van der Waals surface area contributed by atoms with Crippen molar-refractivity contribution >= 4 is 38.3 Å². The van der Waals surface area contributed by atoms with Crippen LogP contribution in [0, 0.1) is 6.92 Å². The van der Waals surface area contributed by atoms with Crippen molar-refractivity contribution in [3.63, 3.8) is 0 Å². The number of halogens is 1. The largest absolute Gasteiger partial charge is 0.490 e. The van der Waals surface area contributed by atoms with Crippen molar-refractivity contribution in [1.82, 2.24) is 9.97 Å². The maximum atomic E-state index is 13.1. The van der Waals surface area contributed by atoms with Gasteiger partial charge in [0.1, 0.15) is 5.75 Å². The predicted molar refractivity (Wildman–Crippen MR) is 131 cm³/mol. The van der Waals surface area contributed by atoms with Crippen LogP contribution in [-0.2, 0) is 10.0 Å². The van der Waals surface area contributed by atoms with Gasteiger partial charge in [0.15, 0.2) is 0 Å². The monoisotopic (exact) mass is 497 g/mol. The molecule has 0 saturated heterocycles. The Kier molecular flexibility index (Phi) is 5.45. The molecule has 10 heteroatoms. The summed E-state index contributed by atoms with van der Waals surface area (Å²) in [6.07, 6.45) is 2.48. The van der Waals surface area contributed by atoms with E-state index in [-0.39, 0.29) is 16.1 Å². The van der Waals surface area contributed by atoms with Gasteiger partial charge in [0.25, 0.3) is 10.0 Å². The number of fused-ring (bicyclic) bond motifs is 1. The second kappa shape index (κ2) is 8.34. The summed E-state index contributed by atoms with van der Waals surface area (Å²) < 4.78 is 34.5. The first kappa shape index (κ1) is 22.2. The van der Waals surface area contributed by atoms with Gasteiger partial charge < -0.3 is 14.7 Å². The van der Waals surface area contributed by atoms with E-state index in [0.29, 0.717) is 22.2 Å². The number of ether oxygens (including phenoxy) is 1. The second-order valence-corrected chi connectivity index (χ2v) is 10.3. The van der Waals surface area contributed by atoms with E-state index in [2.05, 4.69) is 14.7 Å². The van der Waals surface area contributed by atoms with Crippen LogP contribution in [0.15, 0.2) is 69.1 Å². The first-order chi connectivity index (χ1) is 16.2. The molecule has 1 heterocycles. The fourth-order valence-electron chi connectivity index (χ4n) is 3.66. The first-order valence-corrected chi connectivity index (χ1v) is 12.4. The summed E-state index contributed by atoms with van der Waals surface area (Å²) in [5, 5.41) is 0.383. The van der Waals surface area contributed by atoms with Gasteiger partial charge in [-0.25, -0.2) is 8.42 Å². The Morgan fingerprint density at radius 3 is 2.21 bits per heavy atom. The highest BCUT2D eigenvalue weighted by molar-refractivity contribution is 7.92. The van der Waals surface area contributed by atoms with Crippen molar-refractivity contribution < 1.29 is 13.2 Å². The molecule has 0 radical (unpaired) electrons. The lowest BCUT2D eigenvalue weighted by Gasteiger charge is -2.13. The normalized spacial score (nSPS) is 13.7. The molecule has 34 heavy (non-hydrogen) atoms. The number of hydrogen-bond donors (Lipinski definition) is 3. The van der Waals surface area contributed by atoms with E-state index in [4.69, 9.17) is 16.3 Å². The quantitative estimate of drug-likeness (QED) is 0.345. The third-order valence-electron chi connectivity index (χ3n) is 5.52. The van der Waals surface area contributed by atoms with Crippen molar-refractivity contribution in [1.29, 1.82) is 0 Å². The minimum absolute atomic E-state index is 0.0332. The molecule has 4 aromatic rings. The Morgan fingerprint density at radius 1 is 0.941 bits per heavy atom. The summed E-state index contributed by atoms with van der Waals surface area (Å²) in [6, 6.07) is 15.3. The van der Waals surface area contributed by atoms with Crippen LogP contribution in [0.3, 0.4) is 0 Å². The SMILES string of the molecule is Cc1cc2[nH]c(=O)c(=O)[nH]c2cc1S(=O)(=O)Nc1ccc(-c2ccc(OC3CC3)cc2)c(Cl)c1. The Morgan fingerprint density at radius 2 is 1.59 bits per heavy atom. The lowest BCUT2D eigenvalue weighted by atomic mass is 10.1. The number of rotatable bonds is 6. The molecule has 0 spiro atoms. The summed E-state index contributed by atoms with van der Waals surface area (Å²) in [5.74, 6) is 0.808. The number of H-pyrrole nitrogens is 2. The highest BCUT2D eigenvalue weighted by Crippen LogP contribution is 2.33. The van der Waals surface area contributed by atoms with Gasteiger partial charge in [-0.05, 0) is 67.3 Å². The fourth-order valence-corrected chi connectivity index (χ4v) is 5.25. The molecule has 0 unspecified atom stereocenters. The number of nitrogens with one attached hydrogen (secondary N) is 3. The minimum atomic E-state index is -4.00. The van der Waals surface area contributed by atoms with Crippen LogP contribution < -0.4 is 20.6 Å². The second-order valence-electron chi connectivity index (χ2n) is 8.21. The molecule has 174 valence electrons. The van der Waals surface area contributed by atoms with Gasteiger partial charge in [-0.3, -0.25) is 14.3 Å². The zero-order valence-corrected chi connectivity index (χ0v) is 19.6. The number of aromatic nitrogens is 2. The van der Waals surface area contributed by atoms with E-state index < -0.39 is 21.1 Å². The molecule has 1 aliphatic rings. The molecular formula is C24H20ClN3O5S. The maximum Gasteiger partial charge on any atom is 0.314 e. The average Bonchev–Trinajstić information content (AvgIpc) is 3.59. The van der Waals surface area contributed by atoms with Crippen molar-refractivity contribution in [2.45, 2.75) is 30.8 Å². The van der Waals surface area contributed by atoms with E-state index in [1.165, 1.54) is 12.1 Å². The van der Waals surface area contributed by atoms with E-state index in [9.17, 15) is 18.0 Å². The van der Waals surface area contributed by atoms with Crippen molar-refractivity contribution in [2.75, 3.05) is 4.72 Å². The number of aromatic amines is 2. The van der Waals surface area contributed by atoms with Gasteiger partial charge in [-0.1, -0.05) is 29.8 Å². The zero-order chi connectivity index (χ0) is 24.0. The zero-order valence-electron chi connectivity index (χ0n) is 18.0. The van der Waals surface area contributed by atoms with Gasteiger partial charge in [0, 0.05) is 5.56 Å². The van der Waals surface area contributed by atoms with Crippen molar-refractivity contribution in [2.24, 2.45) is 0 Å². The van der Waals surface area contributed by atoms with E-state index in [1.54, 1.807) is 25.1 Å². The lowest BCUT2D eigenvalue weighted by Crippen LogP contribution is -2.29. The Bertz CT molecular complexity index is 1640. The van der Waals surface area contributed by atoms with Crippen LogP contribution in [0.2, 0.25) is 5.02 Å². The Hall–Kier alpha value is -3.56. The number of anilines is 1. The van der Waals surface area contributed by atoms with Crippen LogP contribution >= 0.6 is 11.6 Å². The number of sulfonamides is 1. The summed E-state index contributed by atoms with van der Waals surface area (Å²) in [7, 11) is -4.00. The number of aryl methyl sites for hydroxylation is 1. The van der Waals surface area contributed by atoms with Gasteiger partial charge in [-0.15, -0.1) is 0 Å². The van der Waals surface area contributed by atoms with Gasteiger partial charge in [-0.2, -0.15) is 0 Å². The Balaban J connectivity index is 1.42. The number of benzene rings is 3. The van der Waals surface area contributed by atoms with Crippen LogP contribution in [0.5, 0.6) is 5.75 Å². The van der Waals surface area contributed by atoms with Gasteiger partial charge in [0.05, 0.1) is 32.7 Å². The van der Waals surface area contributed by atoms with Crippen molar-refractivity contribution in [3.8, 4) is 16.9 Å². The first-order valence-electron chi connectivity index (χ1n) is 10.6. The predicted octanol–water partition coefficient (Wildman–Crippen LogP) is 4.19. The molecule has 1 fully saturated rings. The molecule has 0 aliphatic heterocycles. The highest BCUT2D eigenvalue weighted by Gasteiger charge is 2.23. The molecule has 0 amide bonds. The van der Waals surface area contributed by atoms with E-state index >= 15 is 0 Å². The molecule has 8 nitrogen and oxygen atoms in total. The molecule has 3 N–H and O–H groups in total. The molecule has 1 saturated carbocycles. The maximum absolute atomic E-state index is 13.1. The van der Waals surface area contributed by atoms with Crippen LogP contribution in [-0.4, -0.2) is 24.5 Å². The third kappa shape index (κ3) is 4.44. The van der Waals surface area contributed by atoms with Crippen LogP contribution in [0.25, 0.3) is 22.2 Å². The van der Waals surface area contributed by atoms with Crippen LogP contribution in [0.4, 0.5) is 5.69 Å². The lowest BCUT2D eigenvalue weighted by molar-refractivity contribution is 0.303. The van der Waals surface area contributed by atoms with Crippen molar-refractivity contribution in [3.05, 3.63) is 85.9 Å². The summed E-state index contributed by atoms with van der Waals surface area (Å²) in [6.45, 7) is 1.60. The van der Waals surface area contributed by atoms with Gasteiger partial charge in [0.2, 0.25) is 0 Å². The third-order valence-corrected chi connectivity index (χ3v) is 7.36. The smallest absolute Gasteiger partial charge is 0.314 e. The molecule has 0 atom stereocenters.